The first-order valence-electron chi connectivity index (χ1n) is 6.50. The van der Waals surface area contributed by atoms with Gasteiger partial charge in [0.15, 0.2) is 0 Å². The summed E-state index contributed by atoms with van der Waals surface area (Å²) >= 11 is 0. The summed E-state index contributed by atoms with van der Waals surface area (Å²) in [4.78, 5) is 21.0. The Labute approximate surface area is 131 Å². The van der Waals surface area contributed by atoms with Crippen molar-refractivity contribution in [2.45, 2.75) is 33.4 Å². The molecule has 1 heterocycles. The Kier molecular flexibility index (Phi) is 7.44. The van der Waals surface area contributed by atoms with Crippen LogP contribution in [-0.4, -0.2) is 38.7 Å². The minimum atomic E-state index is -5.08. The van der Waals surface area contributed by atoms with Crippen LogP contribution in [0.25, 0.3) is 0 Å². The molecule has 1 rings (SSSR count). The Morgan fingerprint density at radius 2 is 1.87 bits per heavy atom. The van der Waals surface area contributed by atoms with Crippen molar-refractivity contribution in [1.29, 1.82) is 0 Å². The topological polar surface area (TPSA) is 114 Å². The van der Waals surface area contributed by atoms with Gasteiger partial charge in [-0.25, -0.2) is 4.79 Å². The first-order chi connectivity index (χ1) is 10.4. The number of anilines is 2. The number of aliphatic carboxylic acids is 1. The van der Waals surface area contributed by atoms with Gasteiger partial charge in [-0.1, -0.05) is 19.9 Å². The van der Waals surface area contributed by atoms with E-state index in [1.807, 2.05) is 6.08 Å². The first-order valence-corrected chi connectivity index (χ1v) is 6.50. The van der Waals surface area contributed by atoms with E-state index >= 15 is 0 Å². The van der Waals surface area contributed by atoms with E-state index in [2.05, 4.69) is 40.7 Å². The molecular formula is C13H20F3N5O2. The summed E-state index contributed by atoms with van der Waals surface area (Å²) in [7, 11) is 0. The molecular weight excluding hydrogens is 315 g/mol. The van der Waals surface area contributed by atoms with Crippen LogP contribution in [0, 0.1) is 12.3 Å². The minimum absolute atomic E-state index is 0.122. The normalized spacial score (nSPS) is 11.2. The van der Waals surface area contributed by atoms with Gasteiger partial charge in [-0.05, 0) is 18.8 Å². The number of nitrogens with zero attached hydrogens (tertiary/aromatic N) is 3. The summed E-state index contributed by atoms with van der Waals surface area (Å²) in [6, 6.07) is 0. The SMILES string of the molecule is C=CCC(C)(C)CNc1nc(C)nc(N)n1.O=C(O)C(F)(F)F. The molecule has 1 aromatic rings. The number of carboxylic acids is 1. The number of carboxylic acid groups (broad SMARTS) is 1. The molecule has 0 radical (unpaired) electrons. The molecule has 0 aliphatic rings. The number of nitrogens with two attached hydrogens (primary N) is 1. The smallest absolute Gasteiger partial charge is 0.475 e. The van der Waals surface area contributed by atoms with Gasteiger partial charge in [-0.2, -0.15) is 28.1 Å². The molecule has 0 bridgehead atoms. The van der Waals surface area contributed by atoms with E-state index in [9.17, 15) is 13.2 Å². The highest BCUT2D eigenvalue weighted by atomic mass is 19.4. The number of hydrogen-bond acceptors (Lipinski definition) is 6. The number of nitrogens with one attached hydrogen (secondary N) is 1. The summed E-state index contributed by atoms with van der Waals surface area (Å²) < 4.78 is 31.7. The molecule has 7 nitrogen and oxygen atoms in total. The second-order valence-electron chi connectivity index (χ2n) is 5.38. The van der Waals surface area contributed by atoms with Crippen LogP contribution < -0.4 is 11.1 Å². The van der Waals surface area contributed by atoms with Gasteiger partial charge in [-0.3, -0.25) is 0 Å². The molecule has 4 N–H and O–H groups in total. The van der Waals surface area contributed by atoms with Crippen molar-refractivity contribution in [2.24, 2.45) is 5.41 Å². The van der Waals surface area contributed by atoms with Crippen molar-refractivity contribution in [3.05, 3.63) is 18.5 Å². The standard InChI is InChI=1S/C11H19N5.C2HF3O2/c1-5-6-11(3,4)7-13-10-15-8(2)14-9(12)16-10;3-2(4,5)1(6)7/h5H,1,6-7H2,2-4H3,(H3,12,13,14,15,16);(H,6,7). The Bertz CT molecular complexity index is 527. The van der Waals surface area contributed by atoms with Gasteiger partial charge < -0.3 is 16.2 Å². The third kappa shape index (κ3) is 9.27. The predicted molar refractivity (Wildman–Crippen MR) is 79.8 cm³/mol. The maximum Gasteiger partial charge on any atom is 0.490 e. The van der Waals surface area contributed by atoms with Crippen molar-refractivity contribution >= 4 is 17.9 Å². The zero-order chi connectivity index (χ0) is 18.3. The van der Waals surface area contributed by atoms with Crippen molar-refractivity contribution < 1.29 is 23.1 Å². The van der Waals surface area contributed by atoms with Crippen LogP contribution in [0.4, 0.5) is 25.1 Å². The summed E-state index contributed by atoms with van der Waals surface area (Å²) in [6.45, 7) is 10.6. The number of carbonyl (C=O) groups is 1. The van der Waals surface area contributed by atoms with Gasteiger partial charge in [0.2, 0.25) is 11.9 Å². The van der Waals surface area contributed by atoms with Crippen LogP contribution in [-0.2, 0) is 4.79 Å². The van der Waals surface area contributed by atoms with Crippen molar-refractivity contribution in [2.75, 3.05) is 17.6 Å². The molecule has 10 heteroatoms. The maximum absolute atomic E-state index is 10.6. The Balaban J connectivity index is 0.000000585. The van der Waals surface area contributed by atoms with E-state index in [1.165, 1.54) is 0 Å². The van der Waals surface area contributed by atoms with Crippen LogP contribution in [0.1, 0.15) is 26.1 Å². The van der Waals surface area contributed by atoms with Crippen LogP contribution in [0.3, 0.4) is 0 Å². The molecule has 1 aromatic heterocycles. The fraction of sp³-hybridized carbons (Fsp3) is 0.538. The van der Waals surface area contributed by atoms with E-state index in [-0.39, 0.29) is 11.4 Å². The van der Waals surface area contributed by atoms with E-state index in [4.69, 9.17) is 15.6 Å². The van der Waals surface area contributed by atoms with Gasteiger partial charge in [0, 0.05) is 6.54 Å². The lowest BCUT2D eigenvalue weighted by molar-refractivity contribution is -0.192. The third-order valence-electron chi connectivity index (χ3n) is 2.43. The Hall–Kier alpha value is -2.39. The molecule has 0 unspecified atom stereocenters. The number of aryl methyl sites for hydroxylation is 1. The number of nitrogen functional groups attached to an aromatic ring is 1. The van der Waals surface area contributed by atoms with E-state index in [0.717, 1.165) is 13.0 Å². The monoisotopic (exact) mass is 335 g/mol. The second kappa shape index (κ2) is 8.30. The minimum Gasteiger partial charge on any atom is -0.475 e. The number of halogens is 3. The average molecular weight is 335 g/mol. The largest absolute Gasteiger partial charge is 0.490 e. The van der Waals surface area contributed by atoms with Crippen LogP contribution in [0.2, 0.25) is 0 Å². The number of alkyl halides is 3. The predicted octanol–water partition coefficient (Wildman–Crippen LogP) is 2.41. The number of allylic oxidation sites excluding steroid dienone is 1. The number of hydrogen-bond donors (Lipinski definition) is 3. The molecule has 0 spiro atoms. The van der Waals surface area contributed by atoms with Crippen LogP contribution in [0.15, 0.2) is 12.7 Å². The van der Waals surface area contributed by atoms with E-state index < -0.39 is 12.1 Å². The third-order valence-corrected chi connectivity index (χ3v) is 2.43. The van der Waals surface area contributed by atoms with Crippen LogP contribution in [0.5, 0.6) is 0 Å². The van der Waals surface area contributed by atoms with Crippen molar-refractivity contribution in [1.82, 2.24) is 15.0 Å². The lowest BCUT2D eigenvalue weighted by atomic mass is 9.89. The van der Waals surface area contributed by atoms with Crippen LogP contribution >= 0.6 is 0 Å². The molecule has 0 atom stereocenters. The number of aromatic nitrogens is 3. The lowest BCUT2D eigenvalue weighted by Crippen LogP contribution is -2.23. The zero-order valence-corrected chi connectivity index (χ0v) is 13.1. The van der Waals surface area contributed by atoms with Gasteiger partial charge in [0.1, 0.15) is 5.82 Å². The zero-order valence-electron chi connectivity index (χ0n) is 13.1. The van der Waals surface area contributed by atoms with Crippen molar-refractivity contribution in [3.8, 4) is 0 Å². The second-order valence-corrected chi connectivity index (χ2v) is 5.38. The highest BCUT2D eigenvalue weighted by Crippen LogP contribution is 2.20. The van der Waals surface area contributed by atoms with Gasteiger partial charge in [-0.15, -0.1) is 6.58 Å². The van der Waals surface area contributed by atoms with Gasteiger partial charge in [0.25, 0.3) is 0 Å². The van der Waals surface area contributed by atoms with Gasteiger partial charge in [0.05, 0.1) is 0 Å². The molecule has 0 fully saturated rings. The molecule has 130 valence electrons. The molecule has 0 aliphatic carbocycles. The van der Waals surface area contributed by atoms with Crippen molar-refractivity contribution in [3.63, 3.8) is 0 Å². The lowest BCUT2D eigenvalue weighted by Gasteiger charge is -2.23. The quantitative estimate of drug-likeness (QED) is 0.708. The molecule has 23 heavy (non-hydrogen) atoms. The highest BCUT2D eigenvalue weighted by molar-refractivity contribution is 5.73. The fourth-order valence-corrected chi connectivity index (χ4v) is 1.36. The Morgan fingerprint density at radius 3 is 2.26 bits per heavy atom. The summed E-state index contributed by atoms with van der Waals surface area (Å²) in [5.74, 6) is -1.36. The molecule has 0 aromatic carbocycles. The van der Waals surface area contributed by atoms with Gasteiger partial charge >= 0.3 is 12.1 Å². The van der Waals surface area contributed by atoms with E-state index in [0.29, 0.717) is 11.8 Å². The summed E-state index contributed by atoms with van der Waals surface area (Å²) in [5.41, 5.74) is 5.66. The molecule has 0 saturated carbocycles. The summed E-state index contributed by atoms with van der Waals surface area (Å²) in [5, 5.41) is 10.3. The first kappa shape index (κ1) is 20.6. The Morgan fingerprint density at radius 1 is 1.35 bits per heavy atom. The molecule has 0 saturated heterocycles. The average Bonchev–Trinajstić information content (AvgIpc) is 2.35. The summed E-state index contributed by atoms with van der Waals surface area (Å²) in [6.07, 6.45) is -2.24. The maximum atomic E-state index is 10.6. The fourth-order valence-electron chi connectivity index (χ4n) is 1.36. The molecule has 0 aliphatic heterocycles. The van der Waals surface area contributed by atoms with E-state index in [1.54, 1.807) is 6.92 Å². The number of rotatable bonds is 5. The highest BCUT2D eigenvalue weighted by Gasteiger charge is 2.38. The molecule has 0 amide bonds.